The predicted octanol–water partition coefficient (Wildman–Crippen LogP) is 2.59. The van der Waals surface area contributed by atoms with E-state index < -0.39 is 11.9 Å². The zero-order valence-corrected chi connectivity index (χ0v) is 14.8. The molecule has 2 aromatic rings. The Morgan fingerprint density at radius 1 is 1.08 bits per heavy atom. The minimum atomic E-state index is -1.08. The molecule has 1 fully saturated rings. The quantitative estimate of drug-likeness (QED) is 0.696. The van der Waals surface area contributed by atoms with E-state index in [4.69, 9.17) is 10.2 Å². The van der Waals surface area contributed by atoms with Crippen molar-refractivity contribution in [3.8, 4) is 0 Å². The Hall–Kier alpha value is -2.64. The third-order valence-corrected chi connectivity index (χ3v) is 4.58. The number of carboxylic acids is 2. The van der Waals surface area contributed by atoms with E-state index in [2.05, 4.69) is 25.7 Å². The third kappa shape index (κ3) is 7.50. The van der Waals surface area contributed by atoms with Crippen molar-refractivity contribution < 1.29 is 19.8 Å². The maximum Gasteiger partial charge on any atom is 0.303 e. The van der Waals surface area contributed by atoms with Crippen LogP contribution in [0.1, 0.15) is 44.3 Å². The highest BCUT2D eigenvalue weighted by Gasteiger charge is 2.22. The standard InChI is InChI=1S/C14H20N4.C4H6O4/c1-3-13(10-18-8-7-15-11-18)4-2-12(1)9-14-16-5-6-17-14;5-3(6)1-2-4(7)8/h5-8,11-13H,1-4,9-10H2,(H,16,17);1-2H2,(H,5,6)(H,7,8)/t12-,13+;. The zero-order chi connectivity index (χ0) is 18.8. The van der Waals surface area contributed by atoms with E-state index in [1.807, 2.05) is 24.9 Å². The van der Waals surface area contributed by atoms with Gasteiger partial charge in [-0.05, 0) is 37.5 Å². The molecule has 3 rings (SSSR count). The highest BCUT2D eigenvalue weighted by Crippen LogP contribution is 2.31. The van der Waals surface area contributed by atoms with Crippen molar-refractivity contribution in [1.29, 1.82) is 0 Å². The second-order valence-electron chi connectivity index (χ2n) is 6.67. The van der Waals surface area contributed by atoms with Crippen LogP contribution < -0.4 is 0 Å². The number of nitrogens with one attached hydrogen (secondary N) is 1. The van der Waals surface area contributed by atoms with Crippen LogP contribution in [-0.2, 0) is 22.6 Å². The number of H-pyrrole nitrogens is 1. The van der Waals surface area contributed by atoms with Gasteiger partial charge in [-0.15, -0.1) is 0 Å². The molecule has 1 saturated carbocycles. The molecular weight excluding hydrogens is 336 g/mol. The Balaban J connectivity index is 0.000000260. The number of aromatic nitrogens is 4. The van der Waals surface area contributed by atoms with E-state index >= 15 is 0 Å². The van der Waals surface area contributed by atoms with Gasteiger partial charge in [-0.3, -0.25) is 9.59 Å². The first-order valence-corrected chi connectivity index (χ1v) is 8.90. The molecule has 0 unspecified atom stereocenters. The summed E-state index contributed by atoms with van der Waals surface area (Å²) >= 11 is 0. The Morgan fingerprint density at radius 3 is 2.23 bits per heavy atom. The molecule has 8 nitrogen and oxygen atoms in total. The van der Waals surface area contributed by atoms with Crippen LogP contribution in [0.25, 0.3) is 0 Å². The smallest absolute Gasteiger partial charge is 0.303 e. The van der Waals surface area contributed by atoms with E-state index in [9.17, 15) is 9.59 Å². The van der Waals surface area contributed by atoms with Crippen molar-refractivity contribution in [1.82, 2.24) is 19.5 Å². The fraction of sp³-hybridized carbons (Fsp3) is 0.556. The molecule has 8 heteroatoms. The van der Waals surface area contributed by atoms with Crippen LogP contribution in [0.2, 0.25) is 0 Å². The fourth-order valence-corrected chi connectivity index (χ4v) is 3.21. The van der Waals surface area contributed by atoms with E-state index in [0.29, 0.717) is 0 Å². The van der Waals surface area contributed by atoms with Gasteiger partial charge < -0.3 is 19.8 Å². The van der Waals surface area contributed by atoms with Crippen LogP contribution >= 0.6 is 0 Å². The summed E-state index contributed by atoms with van der Waals surface area (Å²) in [4.78, 5) is 30.9. The van der Waals surface area contributed by atoms with Gasteiger partial charge in [0, 0.05) is 37.8 Å². The minimum absolute atomic E-state index is 0.296. The summed E-state index contributed by atoms with van der Waals surface area (Å²) in [6, 6.07) is 0. The summed E-state index contributed by atoms with van der Waals surface area (Å²) in [7, 11) is 0. The number of hydrogen-bond donors (Lipinski definition) is 3. The summed E-state index contributed by atoms with van der Waals surface area (Å²) in [5.41, 5.74) is 0. The molecule has 26 heavy (non-hydrogen) atoms. The third-order valence-electron chi connectivity index (χ3n) is 4.58. The highest BCUT2D eigenvalue weighted by atomic mass is 16.4. The summed E-state index contributed by atoms with van der Waals surface area (Å²) < 4.78 is 2.21. The average Bonchev–Trinajstić information content (AvgIpc) is 3.29. The number of hydrogen-bond acceptors (Lipinski definition) is 4. The number of aliphatic carboxylic acids is 2. The second-order valence-corrected chi connectivity index (χ2v) is 6.67. The molecule has 0 aliphatic heterocycles. The van der Waals surface area contributed by atoms with Gasteiger partial charge in [0.05, 0.1) is 19.2 Å². The largest absolute Gasteiger partial charge is 0.481 e. The van der Waals surface area contributed by atoms with Crippen molar-refractivity contribution in [2.24, 2.45) is 11.8 Å². The number of rotatable bonds is 7. The van der Waals surface area contributed by atoms with Crippen LogP contribution in [0.4, 0.5) is 0 Å². The summed E-state index contributed by atoms with van der Waals surface area (Å²) in [5, 5.41) is 15.8. The van der Waals surface area contributed by atoms with Gasteiger partial charge >= 0.3 is 11.9 Å². The number of aromatic amines is 1. The van der Waals surface area contributed by atoms with Crippen molar-refractivity contribution in [3.05, 3.63) is 36.9 Å². The van der Waals surface area contributed by atoms with Crippen LogP contribution in [0.15, 0.2) is 31.1 Å². The van der Waals surface area contributed by atoms with Gasteiger partial charge in [-0.1, -0.05) is 0 Å². The summed E-state index contributed by atoms with van der Waals surface area (Å²) in [6.07, 6.45) is 15.5. The highest BCUT2D eigenvalue weighted by molar-refractivity contribution is 5.75. The van der Waals surface area contributed by atoms with Gasteiger partial charge in [-0.25, -0.2) is 9.97 Å². The topological polar surface area (TPSA) is 121 Å². The molecule has 2 heterocycles. The van der Waals surface area contributed by atoms with Crippen LogP contribution in [0, 0.1) is 11.8 Å². The van der Waals surface area contributed by atoms with Crippen molar-refractivity contribution >= 4 is 11.9 Å². The van der Waals surface area contributed by atoms with E-state index in [-0.39, 0.29) is 12.8 Å². The lowest BCUT2D eigenvalue weighted by Crippen LogP contribution is -2.20. The lowest BCUT2D eigenvalue weighted by atomic mass is 9.80. The molecular formula is C18H26N4O4. The molecule has 0 aromatic carbocycles. The molecule has 0 saturated heterocycles. The molecule has 0 atom stereocenters. The number of carbonyl (C=O) groups is 2. The van der Waals surface area contributed by atoms with E-state index in [1.54, 1.807) is 0 Å². The second kappa shape index (κ2) is 10.4. The minimum Gasteiger partial charge on any atom is -0.481 e. The molecule has 0 bridgehead atoms. The van der Waals surface area contributed by atoms with Crippen molar-refractivity contribution in [3.63, 3.8) is 0 Å². The Kier molecular flexibility index (Phi) is 7.85. The normalized spacial score (nSPS) is 19.4. The number of carboxylic acid groups (broad SMARTS) is 2. The number of nitrogens with zero attached hydrogens (tertiary/aromatic N) is 3. The molecule has 142 valence electrons. The lowest BCUT2D eigenvalue weighted by molar-refractivity contribution is -0.143. The molecule has 0 spiro atoms. The van der Waals surface area contributed by atoms with Gasteiger partial charge in [0.15, 0.2) is 0 Å². The maximum atomic E-state index is 9.64. The SMILES string of the molecule is O=C(O)CCC(=O)O.c1cn(C[C@H]2CC[C@@H](Cc3ncc[nH]3)CC2)cn1. The number of imidazole rings is 2. The van der Waals surface area contributed by atoms with Crippen molar-refractivity contribution in [2.45, 2.75) is 51.5 Å². The first-order valence-electron chi connectivity index (χ1n) is 8.90. The first-order chi connectivity index (χ1) is 12.5. The molecule has 0 amide bonds. The van der Waals surface area contributed by atoms with E-state index in [0.717, 1.165) is 30.6 Å². The summed E-state index contributed by atoms with van der Waals surface area (Å²) in [5.74, 6) is 0.634. The van der Waals surface area contributed by atoms with Gasteiger partial charge in [-0.2, -0.15) is 0 Å². The average molecular weight is 362 g/mol. The van der Waals surface area contributed by atoms with Gasteiger partial charge in [0.1, 0.15) is 5.82 Å². The van der Waals surface area contributed by atoms with Crippen LogP contribution in [0.5, 0.6) is 0 Å². The predicted molar refractivity (Wildman–Crippen MR) is 94.5 cm³/mol. The molecule has 1 aliphatic carbocycles. The van der Waals surface area contributed by atoms with Crippen LogP contribution in [0.3, 0.4) is 0 Å². The molecule has 2 aromatic heterocycles. The summed E-state index contributed by atoms with van der Waals surface area (Å²) in [6.45, 7) is 1.13. The Morgan fingerprint density at radius 2 is 1.73 bits per heavy atom. The Labute approximate surface area is 152 Å². The lowest BCUT2D eigenvalue weighted by Gasteiger charge is -2.28. The Bertz CT molecular complexity index is 589. The van der Waals surface area contributed by atoms with Crippen molar-refractivity contribution in [2.75, 3.05) is 0 Å². The van der Waals surface area contributed by atoms with Gasteiger partial charge in [0.25, 0.3) is 0 Å². The van der Waals surface area contributed by atoms with Crippen LogP contribution in [-0.4, -0.2) is 41.7 Å². The fourth-order valence-electron chi connectivity index (χ4n) is 3.21. The molecule has 3 N–H and O–H groups in total. The first kappa shape index (κ1) is 19.7. The monoisotopic (exact) mass is 362 g/mol. The molecule has 0 radical (unpaired) electrons. The zero-order valence-electron chi connectivity index (χ0n) is 14.8. The van der Waals surface area contributed by atoms with Gasteiger partial charge in [0.2, 0.25) is 0 Å². The molecule has 1 aliphatic rings. The maximum absolute atomic E-state index is 9.64. The van der Waals surface area contributed by atoms with E-state index in [1.165, 1.54) is 25.7 Å².